The van der Waals surface area contributed by atoms with E-state index in [1.165, 1.54) is 0 Å². The Labute approximate surface area is 126 Å². The van der Waals surface area contributed by atoms with Gasteiger partial charge in [-0.25, -0.2) is 0 Å². The molecule has 0 aliphatic rings. The average Bonchev–Trinajstić information content (AvgIpc) is 2.46. The molecule has 0 fully saturated rings. The van der Waals surface area contributed by atoms with Crippen molar-refractivity contribution in [3.05, 3.63) is 18.2 Å². The van der Waals surface area contributed by atoms with Crippen molar-refractivity contribution in [3.63, 3.8) is 0 Å². The molecule has 5 heteroatoms. The molecule has 1 unspecified atom stereocenters. The second-order valence-corrected chi connectivity index (χ2v) is 4.77. The lowest BCUT2D eigenvalue weighted by Gasteiger charge is -2.26. The lowest BCUT2D eigenvalue weighted by atomic mass is 10.1. The molecule has 0 saturated carbocycles. The molecule has 1 atom stereocenters. The van der Waals surface area contributed by atoms with Gasteiger partial charge in [0.05, 0.1) is 19.1 Å². The molecule has 1 N–H and O–H groups in total. The van der Waals surface area contributed by atoms with Crippen LogP contribution >= 0.6 is 0 Å². The van der Waals surface area contributed by atoms with Crippen LogP contribution in [0.3, 0.4) is 0 Å². The minimum atomic E-state index is -0.788. The van der Waals surface area contributed by atoms with Gasteiger partial charge in [-0.3, -0.25) is 4.79 Å². The van der Waals surface area contributed by atoms with E-state index < -0.39 is 11.9 Å². The van der Waals surface area contributed by atoms with Gasteiger partial charge in [-0.15, -0.1) is 0 Å². The summed E-state index contributed by atoms with van der Waals surface area (Å²) in [6, 6.07) is 5.72. The van der Waals surface area contributed by atoms with Crippen molar-refractivity contribution in [1.29, 1.82) is 0 Å². The van der Waals surface area contributed by atoms with E-state index in [2.05, 4.69) is 0 Å². The van der Waals surface area contributed by atoms with Crippen LogP contribution in [-0.2, 0) is 4.79 Å². The van der Waals surface area contributed by atoms with Crippen LogP contribution in [0.1, 0.15) is 27.7 Å². The van der Waals surface area contributed by atoms with E-state index in [-0.39, 0.29) is 0 Å². The number of rotatable bonds is 9. The molecule has 1 aromatic rings. The second kappa shape index (κ2) is 8.39. The normalized spacial score (nSPS) is 11.8. The maximum atomic E-state index is 11.0. The number of carboxylic acid groups (broad SMARTS) is 1. The highest BCUT2D eigenvalue weighted by molar-refractivity contribution is 5.70. The van der Waals surface area contributed by atoms with Gasteiger partial charge in [0.15, 0.2) is 11.5 Å². The minimum absolute atomic E-state index is 0.424. The third kappa shape index (κ3) is 4.85. The molecule has 0 aliphatic carbocycles. The van der Waals surface area contributed by atoms with Crippen LogP contribution in [0.15, 0.2) is 18.2 Å². The van der Waals surface area contributed by atoms with Crippen LogP contribution in [0, 0.1) is 5.92 Å². The van der Waals surface area contributed by atoms with E-state index in [1.807, 2.05) is 43.9 Å². The Morgan fingerprint density at radius 3 is 2.33 bits per heavy atom. The molecule has 0 heterocycles. The highest BCUT2D eigenvalue weighted by Crippen LogP contribution is 2.32. The summed E-state index contributed by atoms with van der Waals surface area (Å²) in [6.45, 7) is 9.90. The molecular weight excluding hydrogens is 270 g/mol. The number of nitrogens with zero attached hydrogens (tertiary/aromatic N) is 1. The molecule has 0 bridgehead atoms. The molecule has 0 amide bonds. The molecule has 0 saturated heterocycles. The zero-order valence-electron chi connectivity index (χ0n) is 13.3. The zero-order chi connectivity index (χ0) is 15.8. The Bertz CT molecular complexity index is 462. The topological polar surface area (TPSA) is 59.0 Å². The molecule has 0 aromatic heterocycles. The van der Waals surface area contributed by atoms with Gasteiger partial charge in [0, 0.05) is 24.8 Å². The minimum Gasteiger partial charge on any atom is -0.490 e. The summed E-state index contributed by atoms with van der Waals surface area (Å²) in [5.74, 6) is 0.195. The molecule has 0 radical (unpaired) electrons. The summed E-state index contributed by atoms with van der Waals surface area (Å²) in [7, 11) is 0. The summed E-state index contributed by atoms with van der Waals surface area (Å²) >= 11 is 0. The molecule has 1 rings (SSSR count). The van der Waals surface area contributed by atoms with Crippen LogP contribution in [0.25, 0.3) is 0 Å². The lowest BCUT2D eigenvalue weighted by molar-refractivity contribution is -0.140. The third-order valence-corrected chi connectivity index (χ3v) is 3.19. The maximum Gasteiger partial charge on any atom is 0.308 e. The van der Waals surface area contributed by atoms with Gasteiger partial charge >= 0.3 is 5.97 Å². The van der Waals surface area contributed by atoms with Crippen molar-refractivity contribution in [1.82, 2.24) is 0 Å². The predicted molar refractivity (Wildman–Crippen MR) is 83.5 cm³/mol. The van der Waals surface area contributed by atoms with Crippen molar-refractivity contribution in [2.75, 3.05) is 31.2 Å². The highest BCUT2D eigenvalue weighted by atomic mass is 16.5. The van der Waals surface area contributed by atoms with E-state index in [9.17, 15) is 4.79 Å². The Balaban J connectivity index is 2.98. The van der Waals surface area contributed by atoms with Crippen LogP contribution in [0.2, 0.25) is 0 Å². The van der Waals surface area contributed by atoms with E-state index in [4.69, 9.17) is 14.6 Å². The first-order valence-corrected chi connectivity index (χ1v) is 7.40. The summed E-state index contributed by atoms with van der Waals surface area (Å²) in [6.07, 6.45) is 0. The summed E-state index contributed by atoms with van der Waals surface area (Å²) in [5, 5.41) is 9.05. The quantitative estimate of drug-likeness (QED) is 0.759. The first-order chi connectivity index (χ1) is 10.0. The Hall–Kier alpha value is -1.91. The van der Waals surface area contributed by atoms with Gasteiger partial charge < -0.3 is 19.5 Å². The van der Waals surface area contributed by atoms with E-state index in [0.717, 1.165) is 12.2 Å². The van der Waals surface area contributed by atoms with Crippen molar-refractivity contribution < 1.29 is 19.4 Å². The van der Waals surface area contributed by atoms with Gasteiger partial charge in [0.1, 0.15) is 0 Å². The number of aliphatic carboxylic acids is 1. The molecular formula is C16H25NO4. The largest absolute Gasteiger partial charge is 0.490 e. The predicted octanol–water partition coefficient (Wildman–Crippen LogP) is 3.03. The van der Waals surface area contributed by atoms with Crippen LogP contribution in [0.4, 0.5) is 5.69 Å². The first kappa shape index (κ1) is 17.1. The number of ether oxygens (including phenoxy) is 2. The fourth-order valence-corrected chi connectivity index (χ4v) is 2.06. The lowest BCUT2D eigenvalue weighted by Crippen LogP contribution is -2.31. The van der Waals surface area contributed by atoms with Crippen molar-refractivity contribution in [2.45, 2.75) is 27.7 Å². The number of hydrogen-bond donors (Lipinski definition) is 1. The smallest absolute Gasteiger partial charge is 0.308 e. The Kier molecular flexibility index (Phi) is 6.85. The van der Waals surface area contributed by atoms with Gasteiger partial charge in [-0.2, -0.15) is 0 Å². The SMILES string of the molecule is CCOc1ccc(N(CC)CC(C)C(=O)O)cc1OCC. The number of anilines is 1. The summed E-state index contributed by atoms with van der Waals surface area (Å²) in [4.78, 5) is 13.0. The van der Waals surface area contributed by atoms with E-state index in [0.29, 0.717) is 31.3 Å². The number of carboxylic acids is 1. The van der Waals surface area contributed by atoms with Crippen LogP contribution < -0.4 is 14.4 Å². The molecule has 21 heavy (non-hydrogen) atoms. The van der Waals surface area contributed by atoms with Gasteiger partial charge in [0.2, 0.25) is 0 Å². The number of hydrogen-bond acceptors (Lipinski definition) is 4. The highest BCUT2D eigenvalue weighted by Gasteiger charge is 2.17. The van der Waals surface area contributed by atoms with Crippen LogP contribution in [0.5, 0.6) is 11.5 Å². The van der Waals surface area contributed by atoms with E-state index >= 15 is 0 Å². The van der Waals surface area contributed by atoms with Gasteiger partial charge in [-0.05, 0) is 32.9 Å². The standard InChI is InChI=1S/C16H25NO4/c1-5-17(11-12(4)16(18)19)13-8-9-14(20-6-2)15(10-13)21-7-3/h8-10,12H,5-7,11H2,1-4H3,(H,18,19). The average molecular weight is 295 g/mol. The maximum absolute atomic E-state index is 11.0. The monoisotopic (exact) mass is 295 g/mol. The fraction of sp³-hybridized carbons (Fsp3) is 0.562. The molecule has 118 valence electrons. The molecule has 0 spiro atoms. The summed E-state index contributed by atoms with van der Waals surface area (Å²) in [5.41, 5.74) is 0.942. The number of carbonyl (C=O) groups is 1. The van der Waals surface area contributed by atoms with Crippen molar-refractivity contribution >= 4 is 11.7 Å². The van der Waals surface area contributed by atoms with E-state index in [1.54, 1.807) is 6.92 Å². The Morgan fingerprint density at radius 2 is 1.81 bits per heavy atom. The Morgan fingerprint density at radius 1 is 1.19 bits per heavy atom. The number of benzene rings is 1. The third-order valence-electron chi connectivity index (χ3n) is 3.19. The molecule has 1 aromatic carbocycles. The molecule has 0 aliphatic heterocycles. The fourth-order valence-electron chi connectivity index (χ4n) is 2.06. The van der Waals surface area contributed by atoms with Crippen LogP contribution in [-0.4, -0.2) is 37.4 Å². The van der Waals surface area contributed by atoms with Gasteiger partial charge in [0.25, 0.3) is 0 Å². The van der Waals surface area contributed by atoms with Crippen molar-refractivity contribution in [2.24, 2.45) is 5.92 Å². The zero-order valence-corrected chi connectivity index (χ0v) is 13.3. The molecule has 5 nitrogen and oxygen atoms in total. The summed E-state index contributed by atoms with van der Waals surface area (Å²) < 4.78 is 11.1. The van der Waals surface area contributed by atoms with Gasteiger partial charge in [-0.1, -0.05) is 6.92 Å². The first-order valence-electron chi connectivity index (χ1n) is 7.40. The van der Waals surface area contributed by atoms with Crippen molar-refractivity contribution in [3.8, 4) is 11.5 Å². The second-order valence-electron chi connectivity index (χ2n) is 4.77.